The van der Waals surface area contributed by atoms with Gasteiger partial charge >= 0.3 is 0 Å². The van der Waals surface area contributed by atoms with E-state index in [0.29, 0.717) is 5.92 Å². The second kappa shape index (κ2) is 4.54. The third kappa shape index (κ3) is 2.03. The maximum atomic E-state index is 4.64. The number of fused-ring (bicyclic) bond motifs is 1. The smallest absolute Gasteiger partial charge is 0.0728 e. The number of benzene rings is 2. The normalized spacial score (nSPS) is 11.4. The maximum absolute atomic E-state index is 4.64. The average Bonchev–Trinajstić information content (AvgIpc) is 2.77. The molecule has 2 nitrogen and oxygen atoms in total. The Morgan fingerprint density at radius 1 is 0.947 bits per heavy atom. The van der Waals surface area contributed by atoms with Gasteiger partial charge in [0.25, 0.3) is 0 Å². The molecule has 2 heteroatoms. The first kappa shape index (κ1) is 12.0. The lowest BCUT2D eigenvalue weighted by Crippen LogP contribution is -1.92. The summed E-state index contributed by atoms with van der Waals surface area (Å²) in [5.41, 5.74) is 4.88. The first-order valence-corrected chi connectivity index (χ1v) is 6.69. The minimum absolute atomic E-state index is 0.440. The fourth-order valence-electron chi connectivity index (χ4n) is 2.53. The van der Waals surface area contributed by atoms with E-state index in [2.05, 4.69) is 61.4 Å². The van der Waals surface area contributed by atoms with E-state index in [1.54, 1.807) is 0 Å². The summed E-state index contributed by atoms with van der Waals surface area (Å²) in [4.78, 5) is 0. The average molecular weight is 250 g/mol. The highest BCUT2D eigenvalue weighted by Crippen LogP contribution is 2.29. The number of aryl methyl sites for hydroxylation is 1. The summed E-state index contributed by atoms with van der Waals surface area (Å²) >= 11 is 0. The summed E-state index contributed by atoms with van der Waals surface area (Å²) in [6, 6.07) is 17.1. The van der Waals surface area contributed by atoms with Gasteiger partial charge in [-0.05, 0) is 29.2 Å². The molecule has 0 bridgehead atoms. The quantitative estimate of drug-likeness (QED) is 0.660. The van der Waals surface area contributed by atoms with Gasteiger partial charge in [0.15, 0.2) is 0 Å². The van der Waals surface area contributed by atoms with Gasteiger partial charge in [0.1, 0.15) is 0 Å². The van der Waals surface area contributed by atoms with Gasteiger partial charge in [0, 0.05) is 12.4 Å². The molecule has 0 aliphatic rings. The van der Waals surface area contributed by atoms with Gasteiger partial charge in [0.2, 0.25) is 0 Å². The van der Waals surface area contributed by atoms with Crippen molar-refractivity contribution in [3.05, 3.63) is 54.2 Å². The van der Waals surface area contributed by atoms with Crippen molar-refractivity contribution >= 4 is 10.9 Å². The third-order valence-corrected chi connectivity index (χ3v) is 3.53. The topological polar surface area (TPSA) is 17.8 Å². The lowest BCUT2D eigenvalue weighted by Gasteiger charge is -2.04. The summed E-state index contributed by atoms with van der Waals surface area (Å²) in [6.07, 6.45) is 0. The molecule has 2 aromatic carbocycles. The van der Waals surface area contributed by atoms with Crippen LogP contribution in [0.15, 0.2) is 48.5 Å². The van der Waals surface area contributed by atoms with Crippen LogP contribution in [0.4, 0.5) is 0 Å². The third-order valence-electron chi connectivity index (χ3n) is 3.53. The first-order valence-electron chi connectivity index (χ1n) is 6.69. The Hall–Kier alpha value is -2.09. The fraction of sp³-hybridized carbons (Fsp3) is 0.235. The molecule has 0 saturated carbocycles. The molecule has 0 saturated heterocycles. The zero-order valence-corrected chi connectivity index (χ0v) is 11.6. The van der Waals surface area contributed by atoms with Crippen molar-refractivity contribution in [2.24, 2.45) is 7.05 Å². The number of rotatable bonds is 2. The monoisotopic (exact) mass is 250 g/mol. The van der Waals surface area contributed by atoms with Gasteiger partial charge in [0.05, 0.1) is 11.2 Å². The predicted octanol–water partition coefficient (Wildman–Crippen LogP) is 4.36. The Morgan fingerprint density at radius 3 is 2.37 bits per heavy atom. The van der Waals surface area contributed by atoms with E-state index in [-0.39, 0.29) is 0 Å². The molecular weight excluding hydrogens is 232 g/mol. The van der Waals surface area contributed by atoms with Crippen LogP contribution in [0.25, 0.3) is 22.0 Å². The lowest BCUT2D eigenvalue weighted by atomic mass is 10.0. The molecule has 0 N–H and O–H groups in total. The van der Waals surface area contributed by atoms with Crippen LogP contribution >= 0.6 is 0 Å². The highest BCUT2D eigenvalue weighted by molar-refractivity contribution is 5.87. The highest BCUT2D eigenvalue weighted by Gasteiger charge is 2.12. The van der Waals surface area contributed by atoms with Crippen LogP contribution in [0.1, 0.15) is 25.5 Å². The molecule has 0 unspecified atom stereocenters. The zero-order valence-electron chi connectivity index (χ0n) is 11.6. The van der Waals surface area contributed by atoms with Crippen LogP contribution in [0.5, 0.6) is 0 Å². The number of hydrogen-bond acceptors (Lipinski definition) is 1. The maximum Gasteiger partial charge on any atom is 0.0728 e. The standard InChI is InChI=1S/C17H18N2/c1-12(2)17-15-11-14(13-7-5-4-6-8-13)9-10-16(15)19(3)18-17/h4-12H,1-3H3. The van der Waals surface area contributed by atoms with Gasteiger partial charge in [-0.1, -0.05) is 50.2 Å². The Bertz CT molecular complexity index is 709. The summed E-state index contributed by atoms with van der Waals surface area (Å²) in [5, 5.41) is 5.90. The van der Waals surface area contributed by atoms with E-state index >= 15 is 0 Å². The highest BCUT2D eigenvalue weighted by atomic mass is 15.3. The van der Waals surface area contributed by atoms with Crippen LogP contribution in [-0.2, 0) is 7.05 Å². The summed E-state index contributed by atoms with van der Waals surface area (Å²) in [5.74, 6) is 0.440. The largest absolute Gasteiger partial charge is 0.268 e. The molecule has 0 radical (unpaired) electrons. The van der Waals surface area contributed by atoms with E-state index in [0.717, 1.165) is 0 Å². The first-order chi connectivity index (χ1) is 9.16. The summed E-state index contributed by atoms with van der Waals surface area (Å²) in [7, 11) is 2.01. The van der Waals surface area contributed by atoms with Crippen LogP contribution in [-0.4, -0.2) is 9.78 Å². The molecule has 3 rings (SSSR count). The second-order valence-corrected chi connectivity index (χ2v) is 5.26. The van der Waals surface area contributed by atoms with Crippen molar-refractivity contribution in [3.8, 4) is 11.1 Å². The second-order valence-electron chi connectivity index (χ2n) is 5.26. The molecule has 0 aliphatic heterocycles. The molecule has 1 heterocycles. The molecule has 0 aliphatic carbocycles. The van der Waals surface area contributed by atoms with Crippen LogP contribution in [0.3, 0.4) is 0 Å². The van der Waals surface area contributed by atoms with Crippen LogP contribution in [0, 0.1) is 0 Å². The van der Waals surface area contributed by atoms with Crippen molar-refractivity contribution in [1.29, 1.82) is 0 Å². The summed E-state index contributed by atoms with van der Waals surface area (Å²) < 4.78 is 1.97. The van der Waals surface area contributed by atoms with E-state index in [1.807, 2.05) is 17.8 Å². The van der Waals surface area contributed by atoms with E-state index in [9.17, 15) is 0 Å². The van der Waals surface area contributed by atoms with E-state index in [1.165, 1.54) is 27.7 Å². The number of aromatic nitrogens is 2. The zero-order chi connectivity index (χ0) is 13.4. The Labute approximate surface area is 113 Å². The molecule has 0 spiro atoms. The SMILES string of the molecule is CC(C)c1nn(C)c2ccc(-c3ccccc3)cc12. The number of nitrogens with zero attached hydrogens (tertiary/aromatic N) is 2. The van der Waals surface area contributed by atoms with E-state index in [4.69, 9.17) is 0 Å². The van der Waals surface area contributed by atoms with Crippen LogP contribution in [0.2, 0.25) is 0 Å². The Kier molecular flexibility index (Phi) is 2.86. The van der Waals surface area contributed by atoms with Crippen molar-refractivity contribution in [2.75, 3.05) is 0 Å². The molecule has 0 fully saturated rings. The van der Waals surface area contributed by atoms with Crippen molar-refractivity contribution in [1.82, 2.24) is 9.78 Å². The van der Waals surface area contributed by atoms with Crippen LogP contribution < -0.4 is 0 Å². The van der Waals surface area contributed by atoms with Crippen molar-refractivity contribution in [3.63, 3.8) is 0 Å². The fourth-order valence-corrected chi connectivity index (χ4v) is 2.53. The Morgan fingerprint density at radius 2 is 1.68 bits per heavy atom. The van der Waals surface area contributed by atoms with Gasteiger partial charge in [-0.3, -0.25) is 4.68 Å². The van der Waals surface area contributed by atoms with Gasteiger partial charge in [-0.25, -0.2) is 0 Å². The van der Waals surface area contributed by atoms with Gasteiger partial charge in [-0.2, -0.15) is 5.10 Å². The predicted molar refractivity (Wildman–Crippen MR) is 80.2 cm³/mol. The lowest BCUT2D eigenvalue weighted by molar-refractivity contribution is 0.729. The molecule has 3 aromatic rings. The molecule has 96 valence electrons. The van der Waals surface area contributed by atoms with Gasteiger partial charge < -0.3 is 0 Å². The number of hydrogen-bond donors (Lipinski definition) is 0. The van der Waals surface area contributed by atoms with Crippen molar-refractivity contribution < 1.29 is 0 Å². The molecular formula is C17H18N2. The Balaban J connectivity index is 2.23. The summed E-state index contributed by atoms with van der Waals surface area (Å²) in [6.45, 7) is 4.38. The molecule has 1 aromatic heterocycles. The van der Waals surface area contributed by atoms with E-state index < -0.39 is 0 Å². The minimum atomic E-state index is 0.440. The van der Waals surface area contributed by atoms with Gasteiger partial charge in [-0.15, -0.1) is 0 Å². The molecule has 0 atom stereocenters. The minimum Gasteiger partial charge on any atom is -0.268 e. The van der Waals surface area contributed by atoms with Crippen molar-refractivity contribution in [2.45, 2.75) is 19.8 Å². The molecule has 0 amide bonds. The molecule has 19 heavy (non-hydrogen) atoms.